The van der Waals surface area contributed by atoms with Gasteiger partial charge in [-0.25, -0.2) is 4.79 Å². The summed E-state index contributed by atoms with van der Waals surface area (Å²) in [7, 11) is 0. The van der Waals surface area contributed by atoms with E-state index in [9.17, 15) is 4.79 Å². The van der Waals surface area contributed by atoms with Crippen molar-refractivity contribution in [1.82, 2.24) is 0 Å². The summed E-state index contributed by atoms with van der Waals surface area (Å²) >= 11 is 1.64. The molecule has 14 heavy (non-hydrogen) atoms. The Morgan fingerprint density at radius 3 is 2.79 bits per heavy atom. The normalized spacial score (nSPS) is 11.1. The van der Waals surface area contributed by atoms with Crippen LogP contribution in [0.3, 0.4) is 0 Å². The van der Waals surface area contributed by atoms with Crippen LogP contribution in [0.1, 0.15) is 0 Å². The van der Waals surface area contributed by atoms with E-state index in [0.717, 1.165) is 14.8 Å². The molecule has 0 saturated heterocycles. The SMILES string of the molecule is O=c1ccc2sc3ccccc3c2o1. The zero-order valence-electron chi connectivity index (χ0n) is 7.19. The Bertz CT molecular complexity index is 663. The quantitative estimate of drug-likeness (QED) is 0.561. The van der Waals surface area contributed by atoms with Crippen LogP contribution in [-0.2, 0) is 0 Å². The van der Waals surface area contributed by atoms with Crippen LogP contribution in [0.25, 0.3) is 20.4 Å². The lowest BCUT2D eigenvalue weighted by molar-refractivity contribution is 0.565. The Balaban J connectivity index is 2.65. The molecule has 0 bridgehead atoms. The minimum atomic E-state index is -0.291. The average Bonchev–Trinajstić information content (AvgIpc) is 2.56. The van der Waals surface area contributed by atoms with E-state index in [-0.39, 0.29) is 5.63 Å². The lowest BCUT2D eigenvalue weighted by atomic mass is 10.2. The Morgan fingerprint density at radius 1 is 1.00 bits per heavy atom. The van der Waals surface area contributed by atoms with E-state index >= 15 is 0 Å². The average molecular weight is 202 g/mol. The van der Waals surface area contributed by atoms with Gasteiger partial charge in [0.15, 0.2) is 5.58 Å². The zero-order chi connectivity index (χ0) is 9.54. The largest absolute Gasteiger partial charge is 0.421 e. The highest BCUT2D eigenvalue weighted by molar-refractivity contribution is 7.25. The molecule has 0 saturated carbocycles. The van der Waals surface area contributed by atoms with Gasteiger partial charge < -0.3 is 4.42 Å². The molecule has 2 aromatic heterocycles. The Kier molecular flexibility index (Phi) is 1.49. The second kappa shape index (κ2) is 2.69. The number of hydrogen-bond donors (Lipinski definition) is 0. The fourth-order valence-electron chi connectivity index (χ4n) is 1.53. The van der Waals surface area contributed by atoms with Crippen molar-refractivity contribution >= 4 is 31.7 Å². The van der Waals surface area contributed by atoms with Crippen molar-refractivity contribution in [3.63, 3.8) is 0 Å². The number of thiophene rings is 1. The van der Waals surface area contributed by atoms with Gasteiger partial charge in [0.05, 0.1) is 4.70 Å². The molecule has 2 heterocycles. The summed E-state index contributed by atoms with van der Waals surface area (Å²) < 4.78 is 7.34. The van der Waals surface area contributed by atoms with Crippen LogP contribution in [0.4, 0.5) is 0 Å². The van der Waals surface area contributed by atoms with Crippen molar-refractivity contribution in [2.45, 2.75) is 0 Å². The van der Waals surface area contributed by atoms with Gasteiger partial charge in [0, 0.05) is 16.2 Å². The summed E-state index contributed by atoms with van der Waals surface area (Å²) in [5, 5.41) is 1.02. The number of fused-ring (bicyclic) bond motifs is 3. The summed E-state index contributed by atoms with van der Waals surface area (Å²) in [4.78, 5) is 11.1. The van der Waals surface area contributed by atoms with Crippen molar-refractivity contribution in [3.05, 3.63) is 46.8 Å². The monoisotopic (exact) mass is 202 g/mol. The molecule has 0 amide bonds. The minimum absolute atomic E-state index is 0.291. The van der Waals surface area contributed by atoms with E-state index in [1.54, 1.807) is 11.3 Å². The van der Waals surface area contributed by atoms with Gasteiger partial charge in [-0.15, -0.1) is 11.3 Å². The fourth-order valence-corrected chi connectivity index (χ4v) is 2.57. The zero-order valence-corrected chi connectivity index (χ0v) is 8.01. The van der Waals surface area contributed by atoms with Gasteiger partial charge in [-0.3, -0.25) is 0 Å². The van der Waals surface area contributed by atoms with Crippen LogP contribution in [0.15, 0.2) is 45.6 Å². The van der Waals surface area contributed by atoms with E-state index in [2.05, 4.69) is 0 Å². The van der Waals surface area contributed by atoms with Crippen molar-refractivity contribution in [2.75, 3.05) is 0 Å². The fraction of sp³-hybridized carbons (Fsp3) is 0. The molecule has 0 spiro atoms. The molecule has 0 atom stereocenters. The van der Waals surface area contributed by atoms with E-state index in [1.165, 1.54) is 6.07 Å². The lowest BCUT2D eigenvalue weighted by Gasteiger charge is -1.87. The molecule has 0 aliphatic rings. The Labute approximate surface area is 83.4 Å². The van der Waals surface area contributed by atoms with Crippen LogP contribution in [0, 0.1) is 0 Å². The summed E-state index contributed by atoms with van der Waals surface area (Å²) in [6.45, 7) is 0. The predicted molar refractivity (Wildman–Crippen MR) is 57.9 cm³/mol. The van der Waals surface area contributed by atoms with Crippen LogP contribution in [0.5, 0.6) is 0 Å². The molecule has 0 unspecified atom stereocenters. The third-order valence-corrected chi connectivity index (χ3v) is 3.27. The first-order chi connectivity index (χ1) is 6.84. The molecular formula is C11H6O2S. The van der Waals surface area contributed by atoms with Gasteiger partial charge in [0.2, 0.25) is 0 Å². The van der Waals surface area contributed by atoms with E-state index in [1.807, 2.05) is 30.3 Å². The second-order valence-electron chi connectivity index (χ2n) is 3.05. The van der Waals surface area contributed by atoms with Crippen molar-refractivity contribution in [1.29, 1.82) is 0 Å². The molecule has 2 nitrogen and oxygen atoms in total. The summed E-state index contributed by atoms with van der Waals surface area (Å²) in [5.41, 5.74) is 0.416. The van der Waals surface area contributed by atoms with Crippen LogP contribution in [0.2, 0.25) is 0 Å². The molecule has 0 aliphatic carbocycles. The minimum Gasteiger partial charge on any atom is -0.421 e. The first kappa shape index (κ1) is 7.76. The molecular weight excluding hydrogens is 196 g/mol. The van der Waals surface area contributed by atoms with Crippen molar-refractivity contribution in [2.24, 2.45) is 0 Å². The first-order valence-corrected chi connectivity index (χ1v) is 5.08. The summed E-state index contributed by atoms with van der Waals surface area (Å²) in [6, 6.07) is 11.2. The molecule has 3 aromatic rings. The Morgan fingerprint density at radius 2 is 1.86 bits per heavy atom. The van der Waals surface area contributed by atoms with E-state index in [4.69, 9.17) is 4.42 Å². The third-order valence-electron chi connectivity index (χ3n) is 2.15. The van der Waals surface area contributed by atoms with Gasteiger partial charge in [-0.1, -0.05) is 12.1 Å². The molecule has 0 aliphatic heterocycles. The maximum atomic E-state index is 11.1. The summed E-state index contributed by atoms with van der Waals surface area (Å²) in [5.74, 6) is 0. The van der Waals surface area contributed by atoms with E-state index < -0.39 is 0 Å². The van der Waals surface area contributed by atoms with Gasteiger partial charge in [-0.2, -0.15) is 0 Å². The highest BCUT2D eigenvalue weighted by Gasteiger charge is 2.05. The predicted octanol–water partition coefficient (Wildman–Crippen LogP) is 3.01. The highest BCUT2D eigenvalue weighted by Crippen LogP contribution is 2.32. The molecule has 3 rings (SSSR count). The van der Waals surface area contributed by atoms with Gasteiger partial charge in [0.25, 0.3) is 0 Å². The van der Waals surface area contributed by atoms with Gasteiger partial charge in [-0.05, 0) is 18.2 Å². The summed E-state index contributed by atoms with van der Waals surface area (Å²) in [6.07, 6.45) is 0. The number of rotatable bonds is 0. The van der Waals surface area contributed by atoms with Gasteiger partial charge in [0.1, 0.15) is 0 Å². The molecule has 1 aromatic carbocycles. The second-order valence-corrected chi connectivity index (χ2v) is 4.13. The van der Waals surface area contributed by atoms with Crippen molar-refractivity contribution in [3.8, 4) is 0 Å². The first-order valence-electron chi connectivity index (χ1n) is 4.26. The topological polar surface area (TPSA) is 30.2 Å². The lowest BCUT2D eigenvalue weighted by Crippen LogP contribution is -1.92. The highest BCUT2D eigenvalue weighted by atomic mass is 32.1. The van der Waals surface area contributed by atoms with E-state index in [0.29, 0.717) is 5.58 Å². The standard InChI is InChI=1S/C11H6O2S/c12-10-6-5-9-11(13-10)7-3-1-2-4-8(7)14-9/h1-6H. The van der Waals surface area contributed by atoms with Crippen LogP contribution >= 0.6 is 11.3 Å². The third kappa shape index (κ3) is 0.992. The van der Waals surface area contributed by atoms with Crippen LogP contribution in [-0.4, -0.2) is 0 Å². The molecule has 0 N–H and O–H groups in total. The molecule has 0 fully saturated rings. The molecule has 3 heteroatoms. The Hall–Kier alpha value is -1.61. The molecule has 0 radical (unpaired) electrons. The van der Waals surface area contributed by atoms with Crippen molar-refractivity contribution < 1.29 is 4.42 Å². The van der Waals surface area contributed by atoms with Gasteiger partial charge >= 0.3 is 5.63 Å². The van der Waals surface area contributed by atoms with Crippen LogP contribution < -0.4 is 5.63 Å². The number of benzene rings is 1. The number of hydrogen-bond acceptors (Lipinski definition) is 3. The maximum Gasteiger partial charge on any atom is 0.336 e. The molecule has 68 valence electrons. The smallest absolute Gasteiger partial charge is 0.336 e. The maximum absolute atomic E-state index is 11.1.